The van der Waals surface area contributed by atoms with Gasteiger partial charge in [-0.15, -0.1) is 0 Å². The van der Waals surface area contributed by atoms with Gasteiger partial charge in [0.2, 0.25) is 0 Å². The lowest BCUT2D eigenvalue weighted by molar-refractivity contribution is 0.0953. The maximum Gasteiger partial charge on any atom is 0.252 e. The largest absolute Gasteiger partial charge is 0.455 e. The van der Waals surface area contributed by atoms with Gasteiger partial charge in [0.1, 0.15) is 11.6 Å². The second-order valence-electron chi connectivity index (χ2n) is 6.08. The van der Waals surface area contributed by atoms with Crippen molar-refractivity contribution in [3.05, 3.63) is 78.5 Å². The molecular weight excluding hydrogens is 338 g/mol. The summed E-state index contributed by atoms with van der Waals surface area (Å²) in [6, 6.07) is 20.8. The SMILES string of the molecule is CCCCNC(=O)c1ccc(Nc2ccccc2Oc2ccccc2)nc1. The van der Waals surface area contributed by atoms with Crippen molar-refractivity contribution in [3.8, 4) is 11.5 Å². The van der Waals surface area contributed by atoms with Gasteiger partial charge in [-0.25, -0.2) is 4.98 Å². The maximum atomic E-state index is 12.1. The van der Waals surface area contributed by atoms with Crippen molar-refractivity contribution in [3.63, 3.8) is 0 Å². The summed E-state index contributed by atoms with van der Waals surface area (Å²) in [7, 11) is 0. The van der Waals surface area contributed by atoms with Gasteiger partial charge in [0.05, 0.1) is 11.3 Å². The van der Waals surface area contributed by atoms with E-state index in [1.165, 1.54) is 0 Å². The van der Waals surface area contributed by atoms with Crippen LogP contribution in [-0.4, -0.2) is 17.4 Å². The first-order chi connectivity index (χ1) is 13.3. The van der Waals surface area contributed by atoms with Crippen molar-refractivity contribution in [2.24, 2.45) is 0 Å². The van der Waals surface area contributed by atoms with Crippen molar-refractivity contribution in [1.29, 1.82) is 0 Å². The molecule has 2 aromatic carbocycles. The molecule has 0 aliphatic rings. The predicted molar refractivity (Wildman–Crippen MR) is 108 cm³/mol. The molecule has 3 rings (SSSR count). The number of anilines is 2. The summed E-state index contributed by atoms with van der Waals surface area (Å²) in [5.74, 6) is 2.00. The van der Waals surface area contributed by atoms with Gasteiger partial charge in [0, 0.05) is 12.7 Å². The van der Waals surface area contributed by atoms with Crippen LogP contribution in [0.4, 0.5) is 11.5 Å². The quantitative estimate of drug-likeness (QED) is 0.545. The summed E-state index contributed by atoms with van der Waals surface area (Å²) in [4.78, 5) is 16.4. The van der Waals surface area contributed by atoms with Crippen molar-refractivity contribution >= 4 is 17.4 Å². The highest BCUT2D eigenvalue weighted by atomic mass is 16.5. The van der Waals surface area contributed by atoms with Gasteiger partial charge in [0.25, 0.3) is 5.91 Å². The number of carbonyl (C=O) groups excluding carboxylic acids is 1. The van der Waals surface area contributed by atoms with Crippen LogP contribution >= 0.6 is 0 Å². The minimum absolute atomic E-state index is 0.102. The first-order valence-electron chi connectivity index (χ1n) is 9.09. The molecule has 0 fully saturated rings. The Hall–Kier alpha value is -3.34. The Kier molecular flexibility index (Phi) is 6.41. The molecule has 5 heteroatoms. The summed E-state index contributed by atoms with van der Waals surface area (Å²) in [6.07, 6.45) is 3.59. The number of pyridine rings is 1. The molecule has 0 bridgehead atoms. The molecule has 5 nitrogen and oxygen atoms in total. The molecule has 1 amide bonds. The molecule has 0 atom stereocenters. The average Bonchev–Trinajstić information content (AvgIpc) is 2.71. The second kappa shape index (κ2) is 9.38. The summed E-state index contributed by atoms with van der Waals surface area (Å²) in [5.41, 5.74) is 1.35. The molecule has 0 saturated carbocycles. The number of aromatic nitrogens is 1. The number of carbonyl (C=O) groups is 1. The van der Waals surface area contributed by atoms with Crippen LogP contribution in [0, 0.1) is 0 Å². The molecule has 0 aliphatic carbocycles. The zero-order chi connectivity index (χ0) is 18.9. The molecule has 138 valence electrons. The van der Waals surface area contributed by atoms with Crippen LogP contribution in [0.1, 0.15) is 30.1 Å². The van der Waals surface area contributed by atoms with E-state index in [2.05, 4.69) is 22.5 Å². The number of nitrogens with one attached hydrogen (secondary N) is 2. The lowest BCUT2D eigenvalue weighted by Crippen LogP contribution is -2.24. The third kappa shape index (κ3) is 5.31. The monoisotopic (exact) mass is 361 g/mol. The minimum Gasteiger partial charge on any atom is -0.455 e. The number of hydrogen-bond acceptors (Lipinski definition) is 4. The lowest BCUT2D eigenvalue weighted by atomic mass is 10.2. The average molecular weight is 361 g/mol. The number of hydrogen-bond donors (Lipinski definition) is 2. The van der Waals surface area contributed by atoms with E-state index in [4.69, 9.17) is 4.74 Å². The smallest absolute Gasteiger partial charge is 0.252 e. The number of ether oxygens (including phenoxy) is 1. The van der Waals surface area contributed by atoms with E-state index in [-0.39, 0.29) is 5.91 Å². The Balaban J connectivity index is 1.68. The Bertz CT molecular complexity index is 864. The van der Waals surface area contributed by atoms with E-state index in [1.54, 1.807) is 18.3 Å². The number of nitrogens with zero attached hydrogens (tertiary/aromatic N) is 1. The molecule has 0 aliphatic heterocycles. The first kappa shape index (κ1) is 18.5. The molecule has 0 saturated heterocycles. The molecule has 0 radical (unpaired) electrons. The van der Waals surface area contributed by atoms with Crippen LogP contribution in [0.2, 0.25) is 0 Å². The highest BCUT2D eigenvalue weighted by Crippen LogP contribution is 2.30. The highest BCUT2D eigenvalue weighted by molar-refractivity contribution is 5.94. The van der Waals surface area contributed by atoms with Crippen LogP contribution in [0.15, 0.2) is 72.9 Å². The minimum atomic E-state index is -0.102. The third-order valence-corrected chi connectivity index (χ3v) is 3.96. The highest BCUT2D eigenvalue weighted by Gasteiger charge is 2.08. The van der Waals surface area contributed by atoms with E-state index in [0.717, 1.165) is 24.3 Å². The Morgan fingerprint density at radius 2 is 1.78 bits per heavy atom. The number of para-hydroxylation sites is 3. The van der Waals surface area contributed by atoms with Crippen LogP contribution in [0.5, 0.6) is 11.5 Å². The van der Waals surface area contributed by atoms with Gasteiger partial charge >= 0.3 is 0 Å². The Morgan fingerprint density at radius 3 is 2.52 bits per heavy atom. The fraction of sp³-hybridized carbons (Fsp3) is 0.182. The third-order valence-electron chi connectivity index (χ3n) is 3.96. The van der Waals surface area contributed by atoms with E-state index >= 15 is 0 Å². The van der Waals surface area contributed by atoms with Gasteiger partial charge in [-0.05, 0) is 42.8 Å². The molecule has 27 heavy (non-hydrogen) atoms. The van der Waals surface area contributed by atoms with E-state index in [1.807, 2.05) is 54.6 Å². The van der Waals surface area contributed by atoms with Gasteiger partial charge in [-0.2, -0.15) is 0 Å². The van der Waals surface area contributed by atoms with E-state index < -0.39 is 0 Å². The second-order valence-corrected chi connectivity index (χ2v) is 6.08. The fourth-order valence-corrected chi connectivity index (χ4v) is 2.50. The maximum absolute atomic E-state index is 12.1. The van der Waals surface area contributed by atoms with Crippen LogP contribution in [0.25, 0.3) is 0 Å². The summed E-state index contributed by atoms with van der Waals surface area (Å²) >= 11 is 0. The summed E-state index contributed by atoms with van der Waals surface area (Å²) < 4.78 is 5.94. The van der Waals surface area contributed by atoms with Crippen LogP contribution < -0.4 is 15.4 Å². The number of unbranched alkanes of at least 4 members (excludes halogenated alkanes) is 1. The van der Waals surface area contributed by atoms with Crippen molar-refractivity contribution in [1.82, 2.24) is 10.3 Å². The van der Waals surface area contributed by atoms with E-state index in [0.29, 0.717) is 23.7 Å². The van der Waals surface area contributed by atoms with E-state index in [9.17, 15) is 4.79 Å². The standard InChI is InChI=1S/C22H23N3O2/c1-2-3-15-23-22(26)17-13-14-21(24-16-17)25-19-11-7-8-12-20(19)27-18-9-5-4-6-10-18/h4-14,16H,2-3,15H2,1H3,(H,23,26)(H,24,25). The molecular formula is C22H23N3O2. The molecule has 0 unspecified atom stereocenters. The van der Waals surface area contributed by atoms with Gasteiger partial charge < -0.3 is 15.4 Å². The lowest BCUT2D eigenvalue weighted by Gasteiger charge is -2.12. The Labute approximate surface area is 159 Å². The number of rotatable bonds is 8. The van der Waals surface area contributed by atoms with Gasteiger partial charge in [-0.3, -0.25) is 4.79 Å². The topological polar surface area (TPSA) is 63.2 Å². The first-order valence-corrected chi connectivity index (χ1v) is 9.09. The number of benzene rings is 2. The van der Waals surface area contributed by atoms with Crippen molar-refractivity contribution < 1.29 is 9.53 Å². The van der Waals surface area contributed by atoms with Gasteiger partial charge in [-0.1, -0.05) is 43.7 Å². The fourth-order valence-electron chi connectivity index (χ4n) is 2.50. The number of amides is 1. The van der Waals surface area contributed by atoms with Crippen molar-refractivity contribution in [2.75, 3.05) is 11.9 Å². The molecule has 0 spiro atoms. The zero-order valence-electron chi connectivity index (χ0n) is 15.3. The molecule has 2 N–H and O–H groups in total. The normalized spacial score (nSPS) is 10.3. The summed E-state index contributed by atoms with van der Waals surface area (Å²) in [6.45, 7) is 2.77. The molecule has 3 aromatic rings. The Morgan fingerprint density at radius 1 is 1.00 bits per heavy atom. The van der Waals surface area contributed by atoms with Crippen LogP contribution in [0.3, 0.4) is 0 Å². The summed E-state index contributed by atoms with van der Waals surface area (Å²) in [5, 5.41) is 6.13. The molecule has 1 aromatic heterocycles. The zero-order valence-corrected chi connectivity index (χ0v) is 15.3. The van der Waals surface area contributed by atoms with Gasteiger partial charge in [0.15, 0.2) is 5.75 Å². The van der Waals surface area contributed by atoms with Crippen molar-refractivity contribution in [2.45, 2.75) is 19.8 Å². The van der Waals surface area contributed by atoms with Crippen LogP contribution in [-0.2, 0) is 0 Å². The molecule has 1 heterocycles. The predicted octanol–water partition coefficient (Wildman–Crippen LogP) is 5.15.